The number of nitrogens with two attached hydrogens (primary N) is 1. The second-order valence-corrected chi connectivity index (χ2v) is 14.1. The molecule has 0 spiro atoms. The molecule has 1 fully saturated rings. The minimum atomic E-state index is -4.26. The van der Waals surface area contributed by atoms with Crippen LogP contribution in [0, 0.1) is 5.41 Å². The number of nitrogens with zero attached hydrogens (tertiary/aromatic N) is 1. The number of amides is 2. The number of esters is 1. The van der Waals surface area contributed by atoms with E-state index in [9.17, 15) is 29.2 Å². The lowest BCUT2D eigenvalue weighted by atomic mass is 9.97. The first kappa shape index (κ1) is 34.9. The van der Waals surface area contributed by atoms with Crippen LogP contribution >= 0.6 is 31.1 Å². The Kier molecular flexibility index (Phi) is 12.5. The maximum absolute atomic E-state index is 13.6. The van der Waals surface area contributed by atoms with Gasteiger partial charge in [0, 0.05) is 12.0 Å². The third-order valence-corrected chi connectivity index (χ3v) is 9.25. The fourth-order valence-electron chi connectivity index (χ4n) is 3.51. The Labute approximate surface area is 243 Å². The van der Waals surface area contributed by atoms with Gasteiger partial charge >= 0.3 is 19.7 Å². The molecule has 2 aliphatic heterocycles. The summed E-state index contributed by atoms with van der Waals surface area (Å²) in [4.78, 5) is 36.7. The minimum absolute atomic E-state index is 0.0744. The molecule has 0 aromatic carbocycles. The van der Waals surface area contributed by atoms with E-state index in [1.807, 2.05) is 0 Å². The predicted octanol–water partition coefficient (Wildman–Crippen LogP) is 1.24. The molecule has 14 nitrogen and oxygen atoms in total. The Morgan fingerprint density at radius 2 is 2.02 bits per heavy atom. The Hall–Kier alpha value is -1.26. The van der Waals surface area contributed by atoms with Crippen LogP contribution in [0.5, 0.6) is 0 Å². The number of aliphatic hydroxyl groups excluding tert-OH is 2. The summed E-state index contributed by atoms with van der Waals surface area (Å²) in [6.45, 7) is 8.30. The van der Waals surface area contributed by atoms with E-state index in [1.54, 1.807) is 27.7 Å². The number of urea groups is 1. The van der Waals surface area contributed by atoms with Crippen molar-refractivity contribution in [2.45, 2.75) is 83.2 Å². The average Bonchev–Trinajstić information content (AvgIpc) is 3.08. The highest BCUT2D eigenvalue weighted by Gasteiger charge is 2.56. The van der Waals surface area contributed by atoms with Crippen LogP contribution in [0.4, 0.5) is 4.79 Å². The maximum atomic E-state index is 13.6. The van der Waals surface area contributed by atoms with Gasteiger partial charge in [-0.25, -0.2) is 14.4 Å². The minimum Gasteiger partial charge on any atom is -0.462 e. The molecule has 0 bridgehead atoms. The molecule has 0 aliphatic carbocycles. The summed E-state index contributed by atoms with van der Waals surface area (Å²) in [5, 5.41) is 24.9. The van der Waals surface area contributed by atoms with Gasteiger partial charge in [-0.05, 0) is 47.6 Å². The Bertz CT molecular complexity index is 1000. The largest absolute Gasteiger partial charge is 0.462 e. The number of halogens is 1. The Balaban J connectivity index is 2.12. The van der Waals surface area contributed by atoms with Crippen molar-refractivity contribution >= 4 is 48.2 Å². The average molecular weight is 631 g/mol. The van der Waals surface area contributed by atoms with Crippen LogP contribution in [-0.2, 0) is 32.7 Å². The predicted molar refractivity (Wildman–Crippen MR) is 148 cm³/mol. The van der Waals surface area contributed by atoms with Crippen molar-refractivity contribution in [3.63, 3.8) is 0 Å². The molecule has 2 rings (SSSR count). The molecule has 0 aromatic heterocycles. The fourth-order valence-corrected chi connectivity index (χ4v) is 6.22. The number of carbonyl (C=O) groups is 3. The van der Waals surface area contributed by atoms with Crippen molar-refractivity contribution in [3.8, 4) is 0 Å². The molecule has 2 amide bonds. The number of hydrogen-bond donors (Lipinski definition) is 5. The molecular formula is C23H40ClN4O10PS. The van der Waals surface area contributed by atoms with E-state index in [2.05, 4.69) is 10.4 Å². The summed E-state index contributed by atoms with van der Waals surface area (Å²) in [6, 6.07) is -1.70. The number of carbonyl (C=O) groups excluding carboxylic acids is 3. The zero-order chi connectivity index (χ0) is 30.5. The zero-order valence-electron chi connectivity index (χ0n) is 23.4. The van der Waals surface area contributed by atoms with E-state index >= 15 is 0 Å². The number of rotatable bonds is 14. The van der Waals surface area contributed by atoms with Gasteiger partial charge in [0.15, 0.2) is 11.3 Å². The van der Waals surface area contributed by atoms with Crippen molar-refractivity contribution in [1.29, 1.82) is 0 Å². The lowest BCUT2D eigenvalue weighted by molar-refractivity contribution is -0.149. The first-order chi connectivity index (χ1) is 18.4. The molecule has 0 radical (unpaired) electrons. The number of ether oxygens (including phenoxy) is 2. The van der Waals surface area contributed by atoms with Gasteiger partial charge in [-0.2, -0.15) is 0 Å². The number of thioether (sulfide) groups is 1. The molecular weight excluding hydrogens is 591 g/mol. The molecule has 6 N–H and O–H groups in total. The van der Waals surface area contributed by atoms with Crippen LogP contribution in [0.1, 0.15) is 41.5 Å². The van der Waals surface area contributed by atoms with Crippen LogP contribution in [0.2, 0.25) is 0 Å². The van der Waals surface area contributed by atoms with Gasteiger partial charge in [0.2, 0.25) is 0 Å². The summed E-state index contributed by atoms with van der Waals surface area (Å²) in [6.07, 6.45) is -1.89. The second-order valence-electron chi connectivity index (χ2n) is 10.5. The molecule has 0 saturated carbocycles. The van der Waals surface area contributed by atoms with Gasteiger partial charge in [0.05, 0.1) is 37.5 Å². The van der Waals surface area contributed by atoms with E-state index in [4.69, 9.17) is 35.9 Å². The van der Waals surface area contributed by atoms with Crippen molar-refractivity contribution < 1.29 is 47.7 Å². The summed E-state index contributed by atoms with van der Waals surface area (Å²) in [5.74, 6) is -0.631. The van der Waals surface area contributed by atoms with Gasteiger partial charge in [0.1, 0.15) is 23.1 Å². The van der Waals surface area contributed by atoms with Gasteiger partial charge in [0.25, 0.3) is 0 Å². The zero-order valence-corrected chi connectivity index (χ0v) is 25.8. The van der Waals surface area contributed by atoms with Crippen LogP contribution in [-0.4, -0.2) is 99.4 Å². The lowest BCUT2D eigenvalue weighted by Crippen LogP contribution is -2.57. The van der Waals surface area contributed by atoms with Gasteiger partial charge in [-0.15, -0.1) is 11.6 Å². The van der Waals surface area contributed by atoms with E-state index < -0.39 is 73.4 Å². The van der Waals surface area contributed by atoms with Gasteiger partial charge in [-0.3, -0.25) is 23.5 Å². The molecule has 40 heavy (non-hydrogen) atoms. The van der Waals surface area contributed by atoms with Crippen LogP contribution in [0.3, 0.4) is 0 Å². The Morgan fingerprint density at radius 3 is 2.60 bits per heavy atom. The number of alkyl halides is 1. The van der Waals surface area contributed by atoms with Gasteiger partial charge in [-0.1, -0.05) is 11.8 Å². The molecule has 230 valence electrons. The monoisotopic (exact) mass is 630 g/mol. The highest BCUT2D eigenvalue weighted by atomic mass is 35.5. The highest BCUT2D eigenvalue weighted by molar-refractivity contribution is 8.13. The molecule has 7 atom stereocenters. The fraction of sp³-hybridized carbons (Fsp3) is 0.783. The number of hydrogen-bond acceptors (Lipinski definition) is 12. The second kappa shape index (κ2) is 14.3. The SMILES string of the molecule is CC(C)OC(=O)[C@@H](C)NP(=O)(OCCSC(=O)C(C)(C)CO)OC[C@H]1O[C@@H](N2C=CC(N)NC2=O)[C@](C)(Cl)[C@@H]1O. The van der Waals surface area contributed by atoms with E-state index in [0.717, 1.165) is 16.7 Å². The standard InChI is InChI=1S/C23H40ClN4O10PS/c1-13(2)37-18(31)14(3)27-39(34,35-9-10-40-20(32)22(4,5)12-29)36-11-15-17(30)23(6,24)19(38-15)28-8-7-16(25)26-21(28)33/h7-8,13-17,19,29-30H,9-12,25H2,1-6H3,(H,26,33)(H,27,34)/t14-,15-,16?,17-,19-,23-,39?/m1/s1. The van der Waals surface area contributed by atoms with Crippen molar-refractivity contribution in [2.75, 3.05) is 25.6 Å². The molecule has 2 aliphatic rings. The normalized spacial score (nSPS) is 29.3. The summed E-state index contributed by atoms with van der Waals surface area (Å²) >= 11 is 7.45. The smallest absolute Gasteiger partial charge is 0.406 e. The van der Waals surface area contributed by atoms with E-state index in [0.29, 0.717) is 0 Å². The lowest BCUT2D eigenvalue weighted by Gasteiger charge is -2.35. The summed E-state index contributed by atoms with van der Waals surface area (Å²) in [7, 11) is -4.26. The first-order valence-electron chi connectivity index (χ1n) is 12.6. The highest BCUT2D eigenvalue weighted by Crippen LogP contribution is 2.47. The third kappa shape index (κ3) is 9.12. The molecule has 0 aromatic rings. The van der Waals surface area contributed by atoms with Crippen molar-refractivity contribution in [1.82, 2.24) is 15.3 Å². The molecule has 2 heterocycles. The summed E-state index contributed by atoms with van der Waals surface area (Å²) in [5.41, 5.74) is 4.71. The molecule has 17 heteroatoms. The van der Waals surface area contributed by atoms with E-state index in [-0.39, 0.29) is 24.1 Å². The maximum Gasteiger partial charge on any atom is 0.406 e. The Morgan fingerprint density at radius 1 is 1.38 bits per heavy atom. The van der Waals surface area contributed by atoms with E-state index in [1.165, 1.54) is 26.1 Å². The van der Waals surface area contributed by atoms with Crippen molar-refractivity contribution in [3.05, 3.63) is 12.3 Å². The van der Waals surface area contributed by atoms with Gasteiger partial charge < -0.3 is 30.7 Å². The van der Waals surface area contributed by atoms with Crippen LogP contribution < -0.4 is 16.1 Å². The quantitative estimate of drug-likeness (QED) is 0.0795. The van der Waals surface area contributed by atoms with Crippen LogP contribution in [0.15, 0.2) is 12.3 Å². The topological polar surface area (TPSA) is 199 Å². The van der Waals surface area contributed by atoms with Crippen LogP contribution in [0.25, 0.3) is 0 Å². The van der Waals surface area contributed by atoms with Crippen molar-refractivity contribution in [2.24, 2.45) is 11.1 Å². The summed E-state index contributed by atoms with van der Waals surface area (Å²) < 4.78 is 35.7. The molecule has 1 saturated heterocycles. The molecule has 2 unspecified atom stereocenters. The number of aliphatic hydroxyl groups is 2. The number of nitrogens with one attached hydrogen (secondary N) is 2. The third-order valence-electron chi connectivity index (χ3n) is 5.94. The first-order valence-corrected chi connectivity index (χ1v) is 15.5.